The second kappa shape index (κ2) is 5.07. The van der Waals surface area contributed by atoms with E-state index in [2.05, 4.69) is 0 Å². The van der Waals surface area contributed by atoms with Crippen molar-refractivity contribution in [2.24, 2.45) is 17.3 Å². The van der Waals surface area contributed by atoms with E-state index in [9.17, 15) is 14.7 Å². The van der Waals surface area contributed by atoms with Gasteiger partial charge >= 0.3 is 0 Å². The van der Waals surface area contributed by atoms with E-state index in [0.717, 1.165) is 6.42 Å². The van der Waals surface area contributed by atoms with E-state index in [4.69, 9.17) is 9.47 Å². The first-order chi connectivity index (χ1) is 10.6. The van der Waals surface area contributed by atoms with Gasteiger partial charge in [0, 0.05) is 6.42 Å². The Hall–Kier alpha value is -1.36. The zero-order valence-corrected chi connectivity index (χ0v) is 14.5. The highest BCUT2D eigenvalue weighted by Gasteiger charge is 2.75. The summed E-state index contributed by atoms with van der Waals surface area (Å²) in [5.74, 6) is -0.421. The molecule has 128 valence electrons. The lowest BCUT2D eigenvalue weighted by Crippen LogP contribution is -2.50. The van der Waals surface area contributed by atoms with Gasteiger partial charge in [-0.25, -0.2) is 0 Å². The van der Waals surface area contributed by atoms with Gasteiger partial charge in [-0.2, -0.15) is 0 Å². The molecule has 3 rings (SSSR count). The molecule has 0 unspecified atom stereocenters. The van der Waals surface area contributed by atoms with Crippen LogP contribution in [0, 0.1) is 17.3 Å². The summed E-state index contributed by atoms with van der Waals surface area (Å²) >= 11 is 0. The third-order valence-electron chi connectivity index (χ3n) is 5.51. The number of allylic oxidation sites excluding steroid dienone is 1. The molecule has 0 aromatic rings. The van der Waals surface area contributed by atoms with E-state index >= 15 is 0 Å². The van der Waals surface area contributed by atoms with Crippen molar-refractivity contribution in [2.75, 3.05) is 0 Å². The number of fused-ring (bicyclic) bond motifs is 3. The maximum atomic E-state index is 13.0. The molecule has 5 nitrogen and oxygen atoms in total. The van der Waals surface area contributed by atoms with Crippen LogP contribution >= 0.6 is 0 Å². The summed E-state index contributed by atoms with van der Waals surface area (Å²) in [5.41, 5.74) is -2.61. The molecule has 0 heterocycles. The predicted octanol–water partition coefficient (Wildman–Crippen LogP) is 2.37. The molecule has 2 fully saturated rings. The van der Waals surface area contributed by atoms with Crippen LogP contribution in [0.3, 0.4) is 0 Å². The lowest BCUT2D eigenvalue weighted by molar-refractivity contribution is -0.144. The van der Waals surface area contributed by atoms with Crippen molar-refractivity contribution in [2.45, 2.75) is 71.7 Å². The van der Waals surface area contributed by atoms with Gasteiger partial charge < -0.3 is 14.6 Å². The summed E-state index contributed by atoms with van der Waals surface area (Å²) in [6, 6.07) is 0. The molecule has 1 N–H and O–H groups in total. The van der Waals surface area contributed by atoms with Gasteiger partial charge in [0.1, 0.15) is 11.4 Å². The molecule has 0 spiro atoms. The lowest BCUT2D eigenvalue weighted by atomic mass is 9.73. The number of hydrogen-bond acceptors (Lipinski definition) is 5. The van der Waals surface area contributed by atoms with Gasteiger partial charge in [-0.1, -0.05) is 0 Å². The van der Waals surface area contributed by atoms with E-state index in [1.807, 2.05) is 27.7 Å². The van der Waals surface area contributed by atoms with Crippen molar-refractivity contribution in [3.05, 3.63) is 11.5 Å². The van der Waals surface area contributed by atoms with Crippen LogP contribution in [0.15, 0.2) is 11.5 Å². The minimum absolute atomic E-state index is 0.0321. The molecule has 3 aliphatic rings. The van der Waals surface area contributed by atoms with Gasteiger partial charge in [0.15, 0.2) is 5.76 Å². The van der Waals surface area contributed by atoms with Gasteiger partial charge in [-0.3, -0.25) is 9.59 Å². The molecular weight excluding hydrogens is 296 g/mol. The summed E-state index contributed by atoms with van der Waals surface area (Å²) in [5, 5.41) is 11.6. The Morgan fingerprint density at radius 1 is 1.13 bits per heavy atom. The fourth-order valence-electron chi connectivity index (χ4n) is 4.64. The van der Waals surface area contributed by atoms with Crippen molar-refractivity contribution >= 4 is 11.6 Å². The van der Waals surface area contributed by atoms with Crippen LogP contribution in [-0.2, 0) is 19.1 Å². The van der Waals surface area contributed by atoms with E-state index < -0.39 is 16.9 Å². The standard InChI is InChI=1S/C18H26O5/c1-9(2)22-14-15(20)17(5)8-11-6-7-12(19)13(11)18(17,21)16(14)23-10(3)4/h9-11,13,21H,6-8H2,1-5H3/t11-,13+,17+,18+/m0/s1. The minimum Gasteiger partial charge on any atom is -0.488 e. The molecule has 0 saturated heterocycles. The SMILES string of the molecule is CC(C)OC1=C(OC(C)C)[C@]2(O)[C@H]3C(=O)CC[C@H]3C[C@]2(C)C1=O. The first-order valence-corrected chi connectivity index (χ1v) is 8.51. The Labute approximate surface area is 137 Å². The molecule has 0 bridgehead atoms. The number of rotatable bonds is 4. The first-order valence-electron chi connectivity index (χ1n) is 8.51. The van der Waals surface area contributed by atoms with Crippen molar-refractivity contribution in [3.63, 3.8) is 0 Å². The first kappa shape index (κ1) is 16.5. The van der Waals surface area contributed by atoms with Crippen LogP contribution in [0.25, 0.3) is 0 Å². The quantitative estimate of drug-likeness (QED) is 0.860. The topological polar surface area (TPSA) is 72.8 Å². The summed E-state index contributed by atoms with van der Waals surface area (Å²) in [6.07, 6.45) is 1.29. The molecule has 0 radical (unpaired) electrons. The third kappa shape index (κ3) is 2.02. The Kier molecular flexibility index (Phi) is 3.63. The largest absolute Gasteiger partial charge is 0.488 e. The Morgan fingerprint density at radius 2 is 1.74 bits per heavy atom. The molecule has 0 amide bonds. The molecule has 5 heteroatoms. The highest BCUT2D eigenvalue weighted by Crippen LogP contribution is 2.65. The monoisotopic (exact) mass is 322 g/mol. The highest BCUT2D eigenvalue weighted by molar-refractivity contribution is 6.05. The average molecular weight is 322 g/mol. The summed E-state index contributed by atoms with van der Waals surface area (Å²) in [4.78, 5) is 25.5. The number of carbonyl (C=O) groups excluding carboxylic acids is 2. The normalized spacial score (nSPS) is 39.5. The smallest absolute Gasteiger partial charge is 0.210 e. The van der Waals surface area contributed by atoms with Crippen molar-refractivity contribution < 1.29 is 24.2 Å². The zero-order chi connectivity index (χ0) is 17.2. The van der Waals surface area contributed by atoms with Gasteiger partial charge in [0.25, 0.3) is 0 Å². The summed E-state index contributed by atoms with van der Waals surface area (Å²) < 4.78 is 11.6. The van der Waals surface area contributed by atoms with Crippen molar-refractivity contribution in [3.8, 4) is 0 Å². The number of ketones is 2. The number of hydrogen-bond donors (Lipinski definition) is 1. The Morgan fingerprint density at radius 3 is 2.30 bits per heavy atom. The average Bonchev–Trinajstić information content (AvgIpc) is 2.95. The summed E-state index contributed by atoms with van der Waals surface area (Å²) in [6.45, 7) is 9.09. The van der Waals surface area contributed by atoms with Gasteiger partial charge in [0.05, 0.1) is 23.5 Å². The minimum atomic E-state index is -1.57. The zero-order valence-electron chi connectivity index (χ0n) is 14.5. The number of carbonyl (C=O) groups is 2. The maximum Gasteiger partial charge on any atom is 0.210 e. The molecule has 0 aromatic heterocycles. The maximum absolute atomic E-state index is 13.0. The Bertz CT molecular complexity index is 590. The second-order valence-electron chi connectivity index (χ2n) is 7.87. The van der Waals surface area contributed by atoms with E-state index in [-0.39, 0.29) is 41.2 Å². The van der Waals surface area contributed by atoms with Crippen LogP contribution in [0.4, 0.5) is 0 Å². The molecule has 0 aromatic carbocycles. The van der Waals surface area contributed by atoms with Crippen molar-refractivity contribution in [1.82, 2.24) is 0 Å². The molecule has 2 saturated carbocycles. The Balaban J connectivity index is 2.16. The molecule has 4 atom stereocenters. The fourth-order valence-corrected chi connectivity index (χ4v) is 4.64. The van der Waals surface area contributed by atoms with Crippen molar-refractivity contribution in [1.29, 1.82) is 0 Å². The van der Waals surface area contributed by atoms with Gasteiger partial charge in [0.2, 0.25) is 11.5 Å². The number of ether oxygens (including phenoxy) is 2. The number of Topliss-reactive ketones (excluding diaryl/α,β-unsaturated/α-hetero) is 2. The third-order valence-corrected chi connectivity index (χ3v) is 5.51. The van der Waals surface area contributed by atoms with Gasteiger partial charge in [-0.15, -0.1) is 0 Å². The van der Waals surface area contributed by atoms with Crippen LogP contribution < -0.4 is 0 Å². The molecule has 0 aliphatic heterocycles. The number of aliphatic hydroxyl groups is 1. The van der Waals surface area contributed by atoms with Gasteiger partial charge in [-0.05, 0) is 53.4 Å². The van der Waals surface area contributed by atoms with E-state index in [0.29, 0.717) is 12.8 Å². The molecule has 3 aliphatic carbocycles. The summed E-state index contributed by atoms with van der Waals surface area (Å²) in [7, 11) is 0. The van der Waals surface area contributed by atoms with Crippen LogP contribution in [0.2, 0.25) is 0 Å². The lowest BCUT2D eigenvalue weighted by Gasteiger charge is -2.36. The van der Waals surface area contributed by atoms with E-state index in [1.165, 1.54) is 0 Å². The van der Waals surface area contributed by atoms with Crippen LogP contribution in [0.5, 0.6) is 0 Å². The molecular formula is C18H26O5. The van der Waals surface area contributed by atoms with E-state index in [1.54, 1.807) is 6.92 Å². The van der Waals surface area contributed by atoms with Crippen LogP contribution in [0.1, 0.15) is 53.9 Å². The predicted molar refractivity (Wildman–Crippen MR) is 83.4 cm³/mol. The molecule has 23 heavy (non-hydrogen) atoms. The highest BCUT2D eigenvalue weighted by atomic mass is 16.5. The second-order valence-corrected chi connectivity index (χ2v) is 7.87. The van der Waals surface area contributed by atoms with Crippen LogP contribution in [-0.4, -0.2) is 34.5 Å². The fraction of sp³-hybridized carbons (Fsp3) is 0.778.